The van der Waals surface area contributed by atoms with Crippen molar-refractivity contribution < 1.29 is 19.1 Å². The molecule has 1 aliphatic carbocycles. The van der Waals surface area contributed by atoms with Gasteiger partial charge in [-0.3, -0.25) is 19.2 Å². The molecule has 36 heavy (non-hydrogen) atoms. The molecule has 8 nitrogen and oxygen atoms in total. The number of nitrogens with zero attached hydrogens (tertiary/aromatic N) is 3. The third kappa shape index (κ3) is 5.08. The number of nitrogens with one attached hydrogen (secondary N) is 1. The summed E-state index contributed by atoms with van der Waals surface area (Å²) >= 11 is 0. The molecule has 4 rings (SSSR count). The van der Waals surface area contributed by atoms with E-state index in [0.29, 0.717) is 22.9 Å². The first-order chi connectivity index (χ1) is 17.1. The zero-order chi connectivity index (χ0) is 26.1. The maximum Gasteiger partial charge on any atom is 0.277 e. The first-order valence-corrected chi connectivity index (χ1v) is 13.0. The number of benzene rings is 1. The van der Waals surface area contributed by atoms with Crippen LogP contribution < -0.4 is 19.7 Å². The lowest BCUT2D eigenvalue weighted by Gasteiger charge is -2.44. The Morgan fingerprint density at radius 2 is 1.58 bits per heavy atom. The van der Waals surface area contributed by atoms with Gasteiger partial charge in [0.15, 0.2) is 0 Å². The smallest absolute Gasteiger partial charge is 0.277 e. The third-order valence-corrected chi connectivity index (χ3v) is 7.45. The molecule has 1 aliphatic heterocycles. The van der Waals surface area contributed by atoms with Gasteiger partial charge in [-0.1, -0.05) is 52.9 Å². The molecule has 1 saturated carbocycles. The van der Waals surface area contributed by atoms with Crippen LogP contribution in [-0.4, -0.2) is 47.4 Å². The highest BCUT2D eigenvalue weighted by molar-refractivity contribution is 6.12. The van der Waals surface area contributed by atoms with Crippen LogP contribution in [0.15, 0.2) is 24.3 Å². The van der Waals surface area contributed by atoms with Crippen LogP contribution in [-0.2, 0) is 16.8 Å². The second kappa shape index (κ2) is 10.1. The number of amides is 2. The highest BCUT2D eigenvalue weighted by atomic mass is 16.5. The topological polar surface area (TPSA) is 85.7 Å². The highest BCUT2D eigenvalue weighted by Gasteiger charge is 2.49. The first kappa shape index (κ1) is 26.0. The Morgan fingerprint density at radius 1 is 1.00 bits per heavy atom. The summed E-state index contributed by atoms with van der Waals surface area (Å²) < 4.78 is 12.7. The van der Waals surface area contributed by atoms with E-state index in [1.54, 1.807) is 42.0 Å². The molecule has 8 heteroatoms. The SMILES string of the molecule is COc1cc(OC)cc(N2C(=O)c3cc(C(C)(C)C)nn3C[C@]2(C)C(=O)NC2CCCCCCC2)c1. The Hall–Kier alpha value is -3.03. The predicted octanol–water partition coefficient (Wildman–Crippen LogP) is 4.85. The van der Waals surface area contributed by atoms with Crippen molar-refractivity contribution in [2.24, 2.45) is 0 Å². The summed E-state index contributed by atoms with van der Waals surface area (Å²) in [5.41, 5.74) is 0.421. The fourth-order valence-electron chi connectivity index (χ4n) is 5.22. The van der Waals surface area contributed by atoms with Crippen molar-refractivity contribution in [3.63, 3.8) is 0 Å². The number of hydrogen-bond acceptors (Lipinski definition) is 5. The summed E-state index contributed by atoms with van der Waals surface area (Å²) in [6.45, 7) is 8.28. The molecule has 1 aromatic carbocycles. The van der Waals surface area contributed by atoms with Crippen molar-refractivity contribution in [2.75, 3.05) is 19.1 Å². The molecule has 2 amide bonds. The van der Waals surface area contributed by atoms with E-state index in [1.807, 2.05) is 13.0 Å². The minimum Gasteiger partial charge on any atom is -0.497 e. The Balaban J connectivity index is 1.78. The number of rotatable bonds is 5. The molecule has 1 aromatic heterocycles. The summed E-state index contributed by atoms with van der Waals surface area (Å²) in [6.07, 6.45) is 7.80. The molecule has 0 spiro atoms. The monoisotopic (exact) mass is 496 g/mol. The Bertz CT molecular complexity index is 1090. The molecule has 196 valence electrons. The van der Waals surface area contributed by atoms with Gasteiger partial charge in [-0.25, -0.2) is 0 Å². The molecule has 0 radical (unpaired) electrons. The van der Waals surface area contributed by atoms with Crippen molar-refractivity contribution in [3.8, 4) is 11.5 Å². The van der Waals surface area contributed by atoms with Crippen molar-refractivity contribution in [2.45, 2.75) is 96.2 Å². The lowest BCUT2D eigenvalue weighted by atomic mass is 9.90. The normalized spacial score (nSPS) is 21.4. The Morgan fingerprint density at radius 3 is 2.14 bits per heavy atom. The van der Waals surface area contributed by atoms with E-state index in [-0.39, 0.29) is 29.8 Å². The summed E-state index contributed by atoms with van der Waals surface area (Å²) in [6, 6.07) is 7.26. The molecule has 1 N–H and O–H groups in total. The average molecular weight is 497 g/mol. The second-order valence-electron chi connectivity index (χ2n) is 11.3. The number of aromatic nitrogens is 2. The number of carbonyl (C=O) groups excluding carboxylic acids is 2. The van der Waals surface area contributed by atoms with Gasteiger partial charge in [0.05, 0.1) is 32.1 Å². The highest BCUT2D eigenvalue weighted by Crippen LogP contribution is 2.38. The molecule has 0 unspecified atom stereocenters. The van der Waals surface area contributed by atoms with Crippen LogP contribution in [0.5, 0.6) is 11.5 Å². The van der Waals surface area contributed by atoms with Crippen molar-refractivity contribution in [1.29, 1.82) is 0 Å². The van der Waals surface area contributed by atoms with E-state index in [4.69, 9.17) is 14.6 Å². The molecule has 1 atom stereocenters. The summed E-state index contributed by atoms with van der Waals surface area (Å²) in [4.78, 5) is 29.7. The van der Waals surface area contributed by atoms with E-state index in [0.717, 1.165) is 31.4 Å². The lowest BCUT2D eigenvalue weighted by molar-refractivity contribution is -0.127. The van der Waals surface area contributed by atoms with Gasteiger partial charge in [0.25, 0.3) is 5.91 Å². The quantitative estimate of drug-likeness (QED) is 0.640. The van der Waals surface area contributed by atoms with Crippen LogP contribution in [0.2, 0.25) is 0 Å². The zero-order valence-electron chi connectivity index (χ0n) is 22.5. The van der Waals surface area contributed by atoms with E-state index >= 15 is 0 Å². The number of carbonyl (C=O) groups is 2. The van der Waals surface area contributed by atoms with E-state index in [2.05, 4.69) is 26.1 Å². The molecular formula is C28H40N4O4. The van der Waals surface area contributed by atoms with Crippen LogP contribution in [0.3, 0.4) is 0 Å². The van der Waals surface area contributed by atoms with Crippen LogP contribution >= 0.6 is 0 Å². The Kier molecular flexibility index (Phi) is 7.34. The summed E-state index contributed by atoms with van der Waals surface area (Å²) in [5, 5.41) is 8.07. The Labute approximate surface area is 214 Å². The van der Waals surface area contributed by atoms with Crippen molar-refractivity contribution >= 4 is 17.5 Å². The van der Waals surface area contributed by atoms with Crippen LogP contribution in [0.25, 0.3) is 0 Å². The molecule has 2 aliphatic rings. The maximum atomic E-state index is 14.1. The zero-order valence-corrected chi connectivity index (χ0v) is 22.5. The predicted molar refractivity (Wildman–Crippen MR) is 140 cm³/mol. The minimum absolute atomic E-state index is 0.107. The van der Waals surface area contributed by atoms with E-state index in [9.17, 15) is 9.59 Å². The second-order valence-corrected chi connectivity index (χ2v) is 11.3. The number of ether oxygens (including phenoxy) is 2. The number of anilines is 1. The largest absolute Gasteiger partial charge is 0.497 e. The van der Waals surface area contributed by atoms with Crippen molar-refractivity contribution in [3.05, 3.63) is 35.7 Å². The standard InChI is InChI=1S/C28H40N4O4/c1-27(2,3)24-17-23-25(33)32(20-14-21(35-5)16-22(15-20)36-6)28(4,18-31(23)30-24)26(34)29-19-12-10-8-7-9-11-13-19/h14-17,19H,7-13,18H2,1-6H3,(H,29,34)/t28-/m1/s1. The van der Waals surface area contributed by atoms with Crippen LogP contribution in [0.4, 0.5) is 5.69 Å². The van der Waals surface area contributed by atoms with Gasteiger partial charge in [0.2, 0.25) is 5.91 Å². The van der Waals surface area contributed by atoms with Gasteiger partial charge in [-0.05, 0) is 25.8 Å². The van der Waals surface area contributed by atoms with Gasteiger partial charge in [0, 0.05) is 29.7 Å². The van der Waals surface area contributed by atoms with E-state index < -0.39 is 5.54 Å². The number of methoxy groups -OCH3 is 2. The molecule has 0 saturated heterocycles. The van der Waals surface area contributed by atoms with Gasteiger partial charge >= 0.3 is 0 Å². The molecule has 0 bridgehead atoms. The average Bonchev–Trinajstić information content (AvgIpc) is 3.25. The summed E-state index contributed by atoms with van der Waals surface area (Å²) in [5.74, 6) is 0.667. The summed E-state index contributed by atoms with van der Waals surface area (Å²) in [7, 11) is 3.14. The first-order valence-electron chi connectivity index (χ1n) is 13.0. The van der Waals surface area contributed by atoms with Gasteiger partial charge in [0.1, 0.15) is 22.7 Å². The van der Waals surface area contributed by atoms with Gasteiger partial charge in [-0.15, -0.1) is 0 Å². The van der Waals surface area contributed by atoms with Crippen molar-refractivity contribution in [1.82, 2.24) is 15.1 Å². The lowest BCUT2D eigenvalue weighted by Crippen LogP contribution is -2.65. The fourth-order valence-corrected chi connectivity index (χ4v) is 5.22. The molecule has 2 heterocycles. The molecule has 1 fully saturated rings. The number of fused-ring (bicyclic) bond motifs is 1. The number of hydrogen-bond donors (Lipinski definition) is 1. The van der Waals surface area contributed by atoms with Crippen LogP contribution in [0, 0.1) is 0 Å². The van der Waals surface area contributed by atoms with Gasteiger partial charge in [-0.2, -0.15) is 5.10 Å². The third-order valence-electron chi connectivity index (χ3n) is 7.45. The molecule has 2 aromatic rings. The minimum atomic E-state index is -1.19. The van der Waals surface area contributed by atoms with Gasteiger partial charge < -0.3 is 14.8 Å². The van der Waals surface area contributed by atoms with E-state index in [1.165, 1.54) is 19.3 Å². The maximum absolute atomic E-state index is 14.1. The fraction of sp³-hybridized carbons (Fsp3) is 0.607. The van der Waals surface area contributed by atoms with Crippen LogP contribution in [0.1, 0.15) is 88.8 Å². The molecular weight excluding hydrogens is 456 g/mol.